The summed E-state index contributed by atoms with van der Waals surface area (Å²) in [6.07, 6.45) is 0. The third kappa shape index (κ3) is 3.20. The minimum absolute atomic E-state index is 0.0893. The normalized spacial score (nSPS) is 12.2. The van der Waals surface area contributed by atoms with Crippen molar-refractivity contribution in [3.05, 3.63) is 53.0 Å². The summed E-state index contributed by atoms with van der Waals surface area (Å²) in [6.45, 7) is 5.74. The van der Waals surface area contributed by atoms with Crippen LogP contribution < -0.4 is 5.32 Å². The molecule has 2 aromatic rings. The first-order chi connectivity index (χ1) is 8.97. The number of nitrogens with one attached hydrogen (secondary N) is 1. The second kappa shape index (κ2) is 5.53. The molecule has 0 saturated heterocycles. The van der Waals surface area contributed by atoms with E-state index >= 15 is 0 Å². The van der Waals surface area contributed by atoms with E-state index in [1.807, 2.05) is 39.0 Å². The molecule has 0 fully saturated rings. The lowest BCUT2D eigenvalue weighted by Gasteiger charge is -2.13. The molecule has 100 valence electrons. The van der Waals surface area contributed by atoms with E-state index in [0.29, 0.717) is 5.56 Å². The van der Waals surface area contributed by atoms with Gasteiger partial charge in [-0.2, -0.15) is 0 Å². The van der Waals surface area contributed by atoms with Gasteiger partial charge in [0.25, 0.3) is 5.91 Å². The van der Waals surface area contributed by atoms with Crippen molar-refractivity contribution in [2.24, 2.45) is 0 Å². The van der Waals surface area contributed by atoms with Crippen molar-refractivity contribution in [1.82, 2.24) is 5.32 Å². The van der Waals surface area contributed by atoms with Crippen molar-refractivity contribution >= 4 is 18.5 Å². The number of furan rings is 1. The fourth-order valence-corrected chi connectivity index (χ4v) is 2.31. The zero-order valence-electron chi connectivity index (χ0n) is 11.2. The van der Waals surface area contributed by atoms with Gasteiger partial charge in [0.2, 0.25) is 0 Å². The minimum Gasteiger partial charge on any atom is -0.466 e. The zero-order chi connectivity index (χ0) is 14.0. The predicted molar refractivity (Wildman–Crippen MR) is 77.8 cm³/mol. The topological polar surface area (TPSA) is 42.2 Å². The van der Waals surface area contributed by atoms with Gasteiger partial charge < -0.3 is 9.73 Å². The van der Waals surface area contributed by atoms with Gasteiger partial charge >= 0.3 is 0 Å². The number of hydrogen-bond donors (Lipinski definition) is 2. The number of amides is 1. The lowest BCUT2D eigenvalue weighted by Crippen LogP contribution is -2.26. The molecule has 0 aliphatic carbocycles. The zero-order valence-corrected chi connectivity index (χ0v) is 12.1. The highest BCUT2D eigenvalue weighted by atomic mass is 32.1. The molecule has 0 bridgehead atoms. The van der Waals surface area contributed by atoms with E-state index in [1.54, 1.807) is 12.1 Å². The van der Waals surface area contributed by atoms with E-state index in [-0.39, 0.29) is 11.9 Å². The maximum absolute atomic E-state index is 12.1. The van der Waals surface area contributed by atoms with Gasteiger partial charge in [-0.05, 0) is 45.0 Å². The number of carbonyl (C=O) groups is 1. The van der Waals surface area contributed by atoms with Crippen molar-refractivity contribution in [3.63, 3.8) is 0 Å². The van der Waals surface area contributed by atoms with Crippen LogP contribution in [0.3, 0.4) is 0 Å². The third-order valence-corrected chi connectivity index (χ3v) is 3.28. The Hall–Kier alpha value is -1.68. The smallest absolute Gasteiger partial charge is 0.251 e. The highest BCUT2D eigenvalue weighted by Crippen LogP contribution is 2.21. The standard InChI is InChI=1S/C15H17NO2S/c1-9-7-14(11(3)18-9)10(2)16-15(17)12-5-4-6-13(19)8-12/h4-8,10,19H,1-3H3,(H,16,17). The molecule has 1 N–H and O–H groups in total. The summed E-state index contributed by atoms with van der Waals surface area (Å²) in [7, 11) is 0. The second-order valence-electron chi connectivity index (χ2n) is 4.61. The maximum Gasteiger partial charge on any atom is 0.251 e. The minimum atomic E-state index is -0.110. The average Bonchev–Trinajstić information content (AvgIpc) is 2.68. The Labute approximate surface area is 118 Å². The van der Waals surface area contributed by atoms with Gasteiger partial charge in [0.15, 0.2) is 0 Å². The highest BCUT2D eigenvalue weighted by molar-refractivity contribution is 7.80. The first-order valence-corrected chi connectivity index (χ1v) is 6.59. The molecule has 0 saturated carbocycles. The lowest BCUT2D eigenvalue weighted by molar-refractivity contribution is 0.0939. The third-order valence-electron chi connectivity index (χ3n) is 3.00. The fourth-order valence-electron chi connectivity index (χ4n) is 2.09. The molecule has 19 heavy (non-hydrogen) atoms. The van der Waals surface area contributed by atoms with E-state index in [4.69, 9.17) is 4.42 Å². The van der Waals surface area contributed by atoms with E-state index in [0.717, 1.165) is 22.0 Å². The van der Waals surface area contributed by atoms with Gasteiger partial charge in [0.05, 0.1) is 6.04 Å². The van der Waals surface area contributed by atoms with Crippen LogP contribution in [0.25, 0.3) is 0 Å². The molecular formula is C15H17NO2S. The number of benzene rings is 1. The van der Waals surface area contributed by atoms with Gasteiger partial charge in [-0.3, -0.25) is 4.79 Å². The SMILES string of the molecule is Cc1cc(C(C)NC(=O)c2cccc(S)c2)c(C)o1. The van der Waals surface area contributed by atoms with Gasteiger partial charge in [-0.25, -0.2) is 0 Å². The average molecular weight is 275 g/mol. The molecule has 0 aliphatic rings. The summed E-state index contributed by atoms with van der Waals surface area (Å²) < 4.78 is 5.48. The molecule has 1 heterocycles. The number of rotatable bonds is 3. The Morgan fingerprint density at radius 1 is 1.32 bits per heavy atom. The van der Waals surface area contributed by atoms with Crippen LogP contribution in [0.1, 0.15) is 40.4 Å². The predicted octanol–water partition coefficient (Wildman–Crippen LogP) is 3.68. The molecule has 0 aliphatic heterocycles. The molecule has 3 nitrogen and oxygen atoms in total. The van der Waals surface area contributed by atoms with E-state index in [2.05, 4.69) is 17.9 Å². The molecule has 1 amide bonds. The van der Waals surface area contributed by atoms with Crippen LogP contribution in [0, 0.1) is 13.8 Å². The lowest BCUT2D eigenvalue weighted by atomic mass is 10.1. The molecule has 0 spiro atoms. The van der Waals surface area contributed by atoms with Gasteiger partial charge in [0.1, 0.15) is 11.5 Å². The van der Waals surface area contributed by atoms with Crippen LogP contribution >= 0.6 is 12.6 Å². The van der Waals surface area contributed by atoms with E-state index in [1.165, 1.54) is 0 Å². The van der Waals surface area contributed by atoms with E-state index < -0.39 is 0 Å². The first-order valence-electron chi connectivity index (χ1n) is 6.14. The fraction of sp³-hybridized carbons (Fsp3) is 0.267. The Kier molecular flexibility index (Phi) is 4.00. The Morgan fingerprint density at radius 2 is 2.05 bits per heavy atom. The Bertz CT molecular complexity index is 604. The first kappa shape index (κ1) is 13.7. The molecule has 1 aromatic carbocycles. The maximum atomic E-state index is 12.1. The van der Waals surface area contributed by atoms with Crippen LogP contribution in [0.5, 0.6) is 0 Å². The monoisotopic (exact) mass is 275 g/mol. The van der Waals surface area contributed by atoms with Crippen molar-refractivity contribution in [1.29, 1.82) is 0 Å². The molecule has 4 heteroatoms. The summed E-state index contributed by atoms with van der Waals surface area (Å²) >= 11 is 4.23. The Morgan fingerprint density at radius 3 is 2.63 bits per heavy atom. The summed E-state index contributed by atoms with van der Waals surface area (Å²) in [6, 6.07) is 9.04. The van der Waals surface area contributed by atoms with Crippen LogP contribution in [0.4, 0.5) is 0 Å². The summed E-state index contributed by atoms with van der Waals surface area (Å²) in [5, 5.41) is 2.96. The molecule has 0 radical (unpaired) electrons. The number of carbonyl (C=O) groups excluding carboxylic acids is 1. The largest absolute Gasteiger partial charge is 0.466 e. The van der Waals surface area contributed by atoms with Crippen molar-refractivity contribution in [2.75, 3.05) is 0 Å². The van der Waals surface area contributed by atoms with Crippen LogP contribution in [-0.2, 0) is 0 Å². The molecule has 1 aromatic heterocycles. The summed E-state index contributed by atoms with van der Waals surface area (Å²) in [5.41, 5.74) is 1.62. The molecule has 1 atom stereocenters. The Balaban J connectivity index is 2.13. The van der Waals surface area contributed by atoms with Gasteiger partial charge in [-0.1, -0.05) is 6.07 Å². The van der Waals surface area contributed by atoms with Gasteiger partial charge in [-0.15, -0.1) is 12.6 Å². The van der Waals surface area contributed by atoms with E-state index in [9.17, 15) is 4.79 Å². The number of aryl methyl sites for hydroxylation is 2. The highest BCUT2D eigenvalue weighted by Gasteiger charge is 2.15. The summed E-state index contributed by atoms with van der Waals surface area (Å²) in [4.78, 5) is 12.9. The van der Waals surface area contributed by atoms with Crippen molar-refractivity contribution in [2.45, 2.75) is 31.7 Å². The second-order valence-corrected chi connectivity index (χ2v) is 5.13. The molecular weight excluding hydrogens is 258 g/mol. The van der Waals surface area contributed by atoms with Crippen LogP contribution in [0.15, 0.2) is 39.6 Å². The van der Waals surface area contributed by atoms with Crippen molar-refractivity contribution < 1.29 is 9.21 Å². The van der Waals surface area contributed by atoms with Crippen LogP contribution in [-0.4, -0.2) is 5.91 Å². The summed E-state index contributed by atoms with van der Waals surface area (Å²) in [5.74, 6) is 1.58. The molecule has 1 unspecified atom stereocenters. The van der Waals surface area contributed by atoms with Crippen molar-refractivity contribution in [3.8, 4) is 0 Å². The van der Waals surface area contributed by atoms with Crippen LogP contribution in [0.2, 0.25) is 0 Å². The van der Waals surface area contributed by atoms with Gasteiger partial charge in [0, 0.05) is 16.0 Å². The molecule has 2 rings (SSSR count). The quantitative estimate of drug-likeness (QED) is 0.839. The number of hydrogen-bond acceptors (Lipinski definition) is 3. The number of thiol groups is 1.